The van der Waals surface area contributed by atoms with Gasteiger partial charge in [-0.25, -0.2) is 9.78 Å². The molecule has 2 N–H and O–H groups in total. The third-order valence-electron chi connectivity index (χ3n) is 3.24. The molecule has 0 unspecified atom stereocenters. The molecule has 1 aliphatic rings. The first-order chi connectivity index (χ1) is 10.1. The third kappa shape index (κ3) is 3.93. The van der Waals surface area contributed by atoms with Crippen molar-refractivity contribution in [2.75, 3.05) is 23.8 Å². The number of amides is 1. The van der Waals surface area contributed by atoms with Crippen molar-refractivity contribution < 1.29 is 9.53 Å². The molecule has 1 amide bonds. The smallest absolute Gasteiger partial charge is 0.412 e. The molecule has 0 saturated heterocycles. The summed E-state index contributed by atoms with van der Waals surface area (Å²) in [6.45, 7) is 6.90. The van der Waals surface area contributed by atoms with Crippen molar-refractivity contribution in [3.8, 4) is 0 Å². The highest BCUT2D eigenvalue weighted by Crippen LogP contribution is 2.33. The number of rotatable bonds is 5. The molecule has 0 fully saturated rings. The molecule has 1 aromatic heterocycles. The van der Waals surface area contributed by atoms with E-state index in [2.05, 4.69) is 27.5 Å². The number of aliphatic imine (C=N–C) groups is 1. The van der Waals surface area contributed by atoms with Gasteiger partial charge in [-0.05, 0) is 26.7 Å². The van der Waals surface area contributed by atoms with Gasteiger partial charge < -0.3 is 10.1 Å². The number of aryl methyl sites for hydroxylation is 1. The minimum atomic E-state index is -0.493. The van der Waals surface area contributed by atoms with Gasteiger partial charge >= 0.3 is 6.09 Å². The number of anilines is 2. The Labute approximate surface area is 125 Å². The Morgan fingerprint density at radius 3 is 3.00 bits per heavy atom. The normalized spacial score (nSPS) is 13.0. The molecular weight excluding hydrogens is 268 g/mol. The Hall–Kier alpha value is -2.11. The molecule has 21 heavy (non-hydrogen) atoms. The summed E-state index contributed by atoms with van der Waals surface area (Å²) >= 11 is 0. The van der Waals surface area contributed by atoms with Crippen LogP contribution in [0.15, 0.2) is 11.1 Å². The molecule has 0 aromatic carbocycles. The number of aromatic nitrogens is 1. The molecule has 0 radical (unpaired) electrons. The molecule has 2 rings (SSSR count). The molecule has 0 aliphatic carbocycles. The van der Waals surface area contributed by atoms with E-state index in [1.165, 1.54) is 0 Å². The number of hydrogen-bond donors (Lipinski definition) is 2. The highest BCUT2D eigenvalue weighted by atomic mass is 16.5. The SMILES string of the molecule is CCCCC1=Nc2c(cc(NC(=O)OCC)nc2C)NC1. The monoisotopic (exact) mass is 290 g/mol. The average molecular weight is 290 g/mol. The van der Waals surface area contributed by atoms with Gasteiger partial charge in [0.25, 0.3) is 0 Å². The van der Waals surface area contributed by atoms with Crippen LogP contribution in [0.1, 0.15) is 38.8 Å². The molecule has 0 atom stereocenters. The van der Waals surface area contributed by atoms with Gasteiger partial charge in [0.15, 0.2) is 0 Å². The van der Waals surface area contributed by atoms with Crippen molar-refractivity contribution in [3.05, 3.63) is 11.8 Å². The first-order valence-corrected chi connectivity index (χ1v) is 7.39. The van der Waals surface area contributed by atoms with Gasteiger partial charge in [-0.15, -0.1) is 0 Å². The van der Waals surface area contributed by atoms with E-state index in [0.29, 0.717) is 12.4 Å². The lowest BCUT2D eigenvalue weighted by molar-refractivity contribution is 0.168. The van der Waals surface area contributed by atoms with Crippen LogP contribution in [0.3, 0.4) is 0 Å². The van der Waals surface area contributed by atoms with Gasteiger partial charge in [0.1, 0.15) is 11.5 Å². The first-order valence-electron chi connectivity index (χ1n) is 7.39. The summed E-state index contributed by atoms with van der Waals surface area (Å²) in [5.41, 5.74) is 3.71. The Morgan fingerprint density at radius 2 is 2.29 bits per heavy atom. The quantitative estimate of drug-likeness (QED) is 0.868. The zero-order valence-electron chi connectivity index (χ0n) is 12.8. The topological polar surface area (TPSA) is 75.6 Å². The van der Waals surface area contributed by atoms with Crippen molar-refractivity contribution in [1.82, 2.24) is 4.98 Å². The Kier molecular flexibility index (Phi) is 5.14. The van der Waals surface area contributed by atoms with Crippen molar-refractivity contribution in [1.29, 1.82) is 0 Å². The third-order valence-corrected chi connectivity index (χ3v) is 3.24. The van der Waals surface area contributed by atoms with Gasteiger partial charge in [-0.2, -0.15) is 0 Å². The minimum Gasteiger partial charge on any atom is -0.450 e. The maximum Gasteiger partial charge on any atom is 0.412 e. The van der Waals surface area contributed by atoms with Gasteiger partial charge in [-0.1, -0.05) is 13.3 Å². The second-order valence-electron chi connectivity index (χ2n) is 4.97. The van der Waals surface area contributed by atoms with Crippen LogP contribution in [0.2, 0.25) is 0 Å². The summed E-state index contributed by atoms with van der Waals surface area (Å²) in [7, 11) is 0. The number of carbonyl (C=O) groups is 1. The fourth-order valence-electron chi connectivity index (χ4n) is 2.20. The van der Waals surface area contributed by atoms with Gasteiger partial charge in [0, 0.05) is 11.8 Å². The molecule has 0 saturated carbocycles. The van der Waals surface area contributed by atoms with E-state index in [1.54, 1.807) is 13.0 Å². The molecule has 6 heteroatoms. The van der Waals surface area contributed by atoms with E-state index in [1.807, 2.05) is 6.92 Å². The van der Waals surface area contributed by atoms with Gasteiger partial charge in [0.2, 0.25) is 0 Å². The fourth-order valence-corrected chi connectivity index (χ4v) is 2.20. The summed E-state index contributed by atoms with van der Waals surface area (Å²) in [4.78, 5) is 20.5. The number of carbonyl (C=O) groups excluding carboxylic acids is 1. The lowest BCUT2D eigenvalue weighted by Gasteiger charge is -2.20. The lowest BCUT2D eigenvalue weighted by atomic mass is 10.1. The summed E-state index contributed by atoms with van der Waals surface area (Å²) in [6, 6.07) is 1.79. The summed E-state index contributed by atoms with van der Waals surface area (Å²) in [5, 5.41) is 5.96. The van der Waals surface area contributed by atoms with Crippen LogP contribution in [0.4, 0.5) is 22.0 Å². The van der Waals surface area contributed by atoms with E-state index >= 15 is 0 Å². The van der Waals surface area contributed by atoms with Gasteiger partial charge in [-0.3, -0.25) is 10.3 Å². The summed E-state index contributed by atoms with van der Waals surface area (Å²) in [5.74, 6) is 0.476. The summed E-state index contributed by atoms with van der Waals surface area (Å²) < 4.78 is 4.85. The lowest BCUT2D eigenvalue weighted by Crippen LogP contribution is -2.19. The van der Waals surface area contributed by atoms with Crippen LogP contribution in [-0.4, -0.2) is 29.9 Å². The number of ether oxygens (including phenoxy) is 1. The Morgan fingerprint density at radius 1 is 1.48 bits per heavy atom. The summed E-state index contributed by atoms with van der Waals surface area (Å²) in [6.07, 6.45) is 2.81. The number of pyridine rings is 1. The zero-order chi connectivity index (χ0) is 15.2. The zero-order valence-corrected chi connectivity index (χ0v) is 12.8. The van der Waals surface area contributed by atoms with Crippen LogP contribution in [-0.2, 0) is 4.74 Å². The maximum atomic E-state index is 11.4. The predicted molar refractivity (Wildman–Crippen MR) is 84.7 cm³/mol. The number of unbranched alkanes of at least 4 members (excludes halogenated alkanes) is 1. The van der Waals surface area contributed by atoms with Crippen molar-refractivity contribution in [2.45, 2.75) is 40.0 Å². The van der Waals surface area contributed by atoms with Gasteiger partial charge in [0.05, 0.1) is 24.5 Å². The minimum absolute atomic E-state index is 0.332. The van der Waals surface area contributed by atoms with Crippen LogP contribution in [0.25, 0.3) is 0 Å². The predicted octanol–water partition coefficient (Wildman–Crippen LogP) is 3.65. The number of fused-ring (bicyclic) bond motifs is 1. The molecule has 6 nitrogen and oxygen atoms in total. The Bertz CT molecular complexity index is 555. The van der Waals surface area contributed by atoms with Crippen LogP contribution in [0, 0.1) is 6.92 Å². The second-order valence-corrected chi connectivity index (χ2v) is 4.97. The molecule has 0 bridgehead atoms. The molecule has 2 heterocycles. The van der Waals surface area contributed by atoms with Crippen molar-refractivity contribution in [2.24, 2.45) is 4.99 Å². The highest BCUT2D eigenvalue weighted by Gasteiger charge is 2.16. The molecule has 1 aromatic rings. The Balaban J connectivity index is 2.17. The van der Waals surface area contributed by atoms with E-state index in [9.17, 15) is 4.79 Å². The maximum absolute atomic E-state index is 11.4. The van der Waals surface area contributed by atoms with E-state index in [-0.39, 0.29) is 0 Å². The molecule has 0 spiro atoms. The average Bonchev–Trinajstić information content (AvgIpc) is 2.45. The van der Waals surface area contributed by atoms with E-state index in [0.717, 1.165) is 48.6 Å². The van der Waals surface area contributed by atoms with Crippen LogP contribution < -0.4 is 10.6 Å². The van der Waals surface area contributed by atoms with E-state index in [4.69, 9.17) is 4.74 Å². The van der Waals surface area contributed by atoms with Crippen molar-refractivity contribution >= 4 is 29.0 Å². The highest BCUT2D eigenvalue weighted by molar-refractivity contribution is 5.96. The molecule has 114 valence electrons. The van der Waals surface area contributed by atoms with Crippen molar-refractivity contribution in [3.63, 3.8) is 0 Å². The number of nitrogens with zero attached hydrogens (tertiary/aromatic N) is 2. The number of hydrogen-bond acceptors (Lipinski definition) is 5. The standard InChI is InChI=1S/C15H22N4O2/c1-4-6-7-11-9-16-12-8-13(19-15(20)21-5-2)17-10(3)14(12)18-11/h8,16H,4-7,9H2,1-3H3,(H,17,19,20). The fraction of sp³-hybridized carbons (Fsp3) is 0.533. The molecule has 1 aliphatic heterocycles. The second kappa shape index (κ2) is 7.06. The van der Waals surface area contributed by atoms with E-state index < -0.39 is 6.09 Å². The number of nitrogens with one attached hydrogen (secondary N) is 2. The first kappa shape index (κ1) is 15.3. The van der Waals surface area contributed by atoms with Crippen LogP contribution in [0.5, 0.6) is 0 Å². The van der Waals surface area contributed by atoms with Crippen LogP contribution >= 0.6 is 0 Å². The largest absolute Gasteiger partial charge is 0.450 e. The molecular formula is C15H22N4O2.